The highest BCUT2D eigenvalue weighted by atomic mass is 16.5. The normalized spacial score (nSPS) is 11.8. The van der Waals surface area contributed by atoms with E-state index in [1.54, 1.807) is 25.1 Å². The Kier molecular flexibility index (Phi) is 6.77. The molecule has 110 valence electrons. The summed E-state index contributed by atoms with van der Waals surface area (Å²) in [6, 6.07) is 6.41. The van der Waals surface area contributed by atoms with Gasteiger partial charge in [0.2, 0.25) is 0 Å². The highest BCUT2D eigenvalue weighted by molar-refractivity contribution is 5.95. The first kappa shape index (κ1) is 16.2. The van der Waals surface area contributed by atoms with Gasteiger partial charge in [-0.2, -0.15) is 0 Å². The Morgan fingerprint density at radius 3 is 2.25 bits per heavy atom. The molecular weight excluding hydrogens is 256 g/mol. The highest BCUT2D eigenvalue weighted by Gasteiger charge is 2.12. The second-order valence-electron chi connectivity index (χ2n) is 4.74. The lowest BCUT2D eigenvalue weighted by molar-refractivity contribution is 0.0484. The third-order valence-electron chi connectivity index (χ3n) is 3.15. The SMILES string of the molecule is CCOC(=O)c1cccc(C(=O)OCCC(C)CC)c1. The van der Waals surface area contributed by atoms with Crippen molar-refractivity contribution in [1.29, 1.82) is 0 Å². The molecule has 1 atom stereocenters. The van der Waals surface area contributed by atoms with Crippen LogP contribution in [-0.4, -0.2) is 25.2 Å². The van der Waals surface area contributed by atoms with Crippen molar-refractivity contribution >= 4 is 11.9 Å². The summed E-state index contributed by atoms with van der Waals surface area (Å²) in [5.74, 6) is -0.296. The number of esters is 2. The lowest BCUT2D eigenvalue weighted by atomic mass is 10.1. The predicted molar refractivity (Wildman–Crippen MR) is 76.8 cm³/mol. The average Bonchev–Trinajstić information content (AvgIpc) is 2.47. The Hall–Kier alpha value is -1.84. The molecule has 0 saturated carbocycles. The maximum Gasteiger partial charge on any atom is 0.338 e. The molecule has 0 aliphatic carbocycles. The first-order chi connectivity index (χ1) is 9.58. The van der Waals surface area contributed by atoms with Crippen LogP contribution in [0.3, 0.4) is 0 Å². The quantitative estimate of drug-likeness (QED) is 0.717. The summed E-state index contributed by atoms with van der Waals surface area (Å²) in [6.07, 6.45) is 1.91. The van der Waals surface area contributed by atoms with Gasteiger partial charge in [-0.15, -0.1) is 0 Å². The Bertz CT molecular complexity index is 454. The van der Waals surface area contributed by atoms with Crippen LogP contribution < -0.4 is 0 Å². The van der Waals surface area contributed by atoms with Gasteiger partial charge in [0.15, 0.2) is 0 Å². The minimum Gasteiger partial charge on any atom is -0.462 e. The van der Waals surface area contributed by atoms with E-state index >= 15 is 0 Å². The van der Waals surface area contributed by atoms with Crippen molar-refractivity contribution in [3.63, 3.8) is 0 Å². The lowest BCUT2D eigenvalue weighted by Gasteiger charge is -2.09. The van der Waals surface area contributed by atoms with Gasteiger partial charge in [0.25, 0.3) is 0 Å². The lowest BCUT2D eigenvalue weighted by Crippen LogP contribution is -2.10. The van der Waals surface area contributed by atoms with Crippen LogP contribution in [0, 0.1) is 5.92 Å². The van der Waals surface area contributed by atoms with Crippen LogP contribution >= 0.6 is 0 Å². The molecule has 0 fully saturated rings. The molecule has 0 amide bonds. The second-order valence-corrected chi connectivity index (χ2v) is 4.74. The van der Waals surface area contributed by atoms with E-state index in [0.29, 0.717) is 30.3 Å². The molecular formula is C16H22O4. The van der Waals surface area contributed by atoms with Gasteiger partial charge in [0, 0.05) is 0 Å². The Balaban J connectivity index is 2.60. The monoisotopic (exact) mass is 278 g/mol. The van der Waals surface area contributed by atoms with E-state index in [4.69, 9.17) is 9.47 Å². The van der Waals surface area contributed by atoms with Gasteiger partial charge in [-0.3, -0.25) is 0 Å². The topological polar surface area (TPSA) is 52.6 Å². The standard InChI is InChI=1S/C16H22O4/c1-4-12(3)9-10-20-16(18)14-8-6-7-13(11-14)15(17)19-5-2/h6-8,11-12H,4-5,9-10H2,1-3H3. The van der Waals surface area contributed by atoms with Crippen LogP contribution in [0.2, 0.25) is 0 Å². The van der Waals surface area contributed by atoms with Crippen LogP contribution in [0.4, 0.5) is 0 Å². The molecule has 1 aromatic rings. The first-order valence-electron chi connectivity index (χ1n) is 7.02. The zero-order valence-corrected chi connectivity index (χ0v) is 12.3. The van der Waals surface area contributed by atoms with E-state index in [0.717, 1.165) is 12.8 Å². The molecule has 0 N–H and O–H groups in total. The van der Waals surface area contributed by atoms with Gasteiger partial charge in [0.1, 0.15) is 0 Å². The van der Waals surface area contributed by atoms with E-state index in [2.05, 4.69) is 13.8 Å². The van der Waals surface area contributed by atoms with Crippen molar-refractivity contribution in [3.05, 3.63) is 35.4 Å². The second kappa shape index (κ2) is 8.35. The van der Waals surface area contributed by atoms with Crippen molar-refractivity contribution < 1.29 is 19.1 Å². The molecule has 0 heterocycles. The van der Waals surface area contributed by atoms with Crippen LogP contribution in [0.25, 0.3) is 0 Å². The maximum atomic E-state index is 11.9. The Morgan fingerprint density at radius 2 is 1.70 bits per heavy atom. The molecule has 4 heteroatoms. The Labute approximate surface area is 120 Å². The summed E-state index contributed by atoms with van der Waals surface area (Å²) in [5.41, 5.74) is 0.739. The average molecular weight is 278 g/mol. The number of benzene rings is 1. The summed E-state index contributed by atoms with van der Waals surface area (Å²) in [6.45, 7) is 6.68. The summed E-state index contributed by atoms with van der Waals surface area (Å²) in [5, 5.41) is 0. The van der Waals surface area contributed by atoms with E-state index in [9.17, 15) is 9.59 Å². The smallest absolute Gasteiger partial charge is 0.338 e. The molecule has 1 aromatic carbocycles. The molecule has 0 saturated heterocycles. The van der Waals surface area contributed by atoms with E-state index < -0.39 is 11.9 Å². The molecule has 0 spiro atoms. The van der Waals surface area contributed by atoms with Crippen molar-refractivity contribution in [1.82, 2.24) is 0 Å². The van der Waals surface area contributed by atoms with Crippen molar-refractivity contribution in [2.24, 2.45) is 5.92 Å². The molecule has 0 radical (unpaired) electrons. The van der Waals surface area contributed by atoms with Crippen LogP contribution in [0.5, 0.6) is 0 Å². The van der Waals surface area contributed by atoms with Crippen LogP contribution in [0.15, 0.2) is 24.3 Å². The van der Waals surface area contributed by atoms with Gasteiger partial charge < -0.3 is 9.47 Å². The number of rotatable bonds is 7. The van der Waals surface area contributed by atoms with Crippen LogP contribution in [-0.2, 0) is 9.47 Å². The first-order valence-corrected chi connectivity index (χ1v) is 7.02. The molecule has 0 aliphatic heterocycles. The minimum atomic E-state index is -0.429. The van der Waals surface area contributed by atoms with Gasteiger partial charge in [0.05, 0.1) is 24.3 Å². The van der Waals surface area contributed by atoms with E-state index in [-0.39, 0.29) is 0 Å². The van der Waals surface area contributed by atoms with Gasteiger partial charge >= 0.3 is 11.9 Å². The van der Waals surface area contributed by atoms with Gasteiger partial charge in [-0.05, 0) is 37.5 Å². The number of ether oxygens (including phenoxy) is 2. The van der Waals surface area contributed by atoms with Gasteiger partial charge in [-0.25, -0.2) is 9.59 Å². The highest BCUT2D eigenvalue weighted by Crippen LogP contribution is 2.10. The summed E-state index contributed by atoms with van der Waals surface area (Å²) >= 11 is 0. The third-order valence-corrected chi connectivity index (χ3v) is 3.15. The van der Waals surface area contributed by atoms with Crippen molar-refractivity contribution in [2.45, 2.75) is 33.6 Å². The maximum absolute atomic E-state index is 11.9. The fraction of sp³-hybridized carbons (Fsp3) is 0.500. The number of hydrogen-bond donors (Lipinski definition) is 0. The molecule has 0 aromatic heterocycles. The summed E-state index contributed by atoms with van der Waals surface area (Å²) < 4.78 is 10.1. The predicted octanol–water partition coefficient (Wildman–Crippen LogP) is 3.46. The minimum absolute atomic E-state index is 0.308. The van der Waals surface area contributed by atoms with E-state index in [1.807, 2.05) is 0 Å². The molecule has 1 rings (SSSR count). The fourth-order valence-corrected chi connectivity index (χ4v) is 1.63. The molecule has 0 bridgehead atoms. The zero-order valence-electron chi connectivity index (χ0n) is 12.3. The summed E-state index contributed by atoms with van der Waals surface area (Å²) in [4.78, 5) is 23.5. The van der Waals surface area contributed by atoms with Crippen LogP contribution in [0.1, 0.15) is 54.3 Å². The number of carbonyl (C=O) groups is 2. The van der Waals surface area contributed by atoms with Crippen molar-refractivity contribution in [2.75, 3.05) is 13.2 Å². The third kappa shape index (κ3) is 5.03. The molecule has 4 nitrogen and oxygen atoms in total. The largest absolute Gasteiger partial charge is 0.462 e. The Morgan fingerprint density at radius 1 is 1.10 bits per heavy atom. The molecule has 0 aliphatic rings. The number of carbonyl (C=O) groups excluding carboxylic acids is 2. The fourth-order valence-electron chi connectivity index (χ4n) is 1.63. The van der Waals surface area contributed by atoms with E-state index in [1.165, 1.54) is 6.07 Å². The summed E-state index contributed by atoms with van der Waals surface area (Å²) in [7, 11) is 0. The van der Waals surface area contributed by atoms with Crippen molar-refractivity contribution in [3.8, 4) is 0 Å². The molecule has 20 heavy (non-hydrogen) atoms. The molecule has 1 unspecified atom stereocenters. The zero-order chi connectivity index (χ0) is 15.0. The number of hydrogen-bond acceptors (Lipinski definition) is 4. The van der Waals surface area contributed by atoms with Gasteiger partial charge in [-0.1, -0.05) is 26.3 Å².